The zero-order valence-electron chi connectivity index (χ0n) is 16.3. The normalized spacial score (nSPS) is 16.2. The first kappa shape index (κ1) is 20.6. The molecule has 1 aromatic rings. The van der Waals surface area contributed by atoms with Gasteiger partial charge in [-0.25, -0.2) is 14.7 Å². The smallest absolute Gasteiger partial charge is 0.159 e. The molecular weight excluding hydrogens is 310 g/mol. The monoisotopic (exact) mass is 341 g/mol. The number of allylic oxidation sites excluding steroid dienone is 4. The topological polar surface area (TPSA) is 54.6 Å². The van der Waals surface area contributed by atoms with Gasteiger partial charge in [-0.05, 0) is 44.9 Å². The second-order valence-electron chi connectivity index (χ2n) is 5.54. The number of amidine groups is 1. The van der Waals surface area contributed by atoms with Crippen molar-refractivity contribution in [2.24, 2.45) is 9.98 Å². The molecule has 0 saturated heterocycles. The van der Waals surface area contributed by atoms with Gasteiger partial charge in [-0.15, -0.1) is 0 Å². The fourth-order valence-corrected chi connectivity index (χ4v) is 2.04. The Labute approximate surface area is 152 Å². The number of rotatable bonds is 5. The lowest BCUT2D eigenvalue weighted by atomic mass is 10.2. The molecule has 0 radical (unpaired) electrons. The summed E-state index contributed by atoms with van der Waals surface area (Å²) in [6, 6.07) is 2.27. The molecule has 25 heavy (non-hydrogen) atoms. The summed E-state index contributed by atoms with van der Waals surface area (Å²) in [6.45, 7) is 12.3. The maximum atomic E-state index is 4.73. The van der Waals surface area contributed by atoms with Gasteiger partial charge in [0.25, 0.3) is 0 Å². The van der Waals surface area contributed by atoms with E-state index in [0.29, 0.717) is 18.3 Å². The van der Waals surface area contributed by atoms with Crippen molar-refractivity contribution < 1.29 is 0 Å². The molecule has 1 N–H and O–H groups in total. The fraction of sp³-hybridized carbons (Fsp3) is 0.450. The summed E-state index contributed by atoms with van der Waals surface area (Å²) in [6.07, 6.45) is 13.5. The zero-order valence-corrected chi connectivity index (χ0v) is 16.3. The lowest BCUT2D eigenvalue weighted by molar-refractivity contribution is 0.591. The molecule has 5 heteroatoms. The van der Waals surface area contributed by atoms with E-state index in [2.05, 4.69) is 30.3 Å². The Morgan fingerprint density at radius 1 is 1.36 bits per heavy atom. The third-order valence-electron chi connectivity index (χ3n) is 3.61. The van der Waals surface area contributed by atoms with Crippen LogP contribution in [0.15, 0.2) is 64.1 Å². The molecule has 0 amide bonds. The molecule has 0 aliphatic carbocycles. The summed E-state index contributed by atoms with van der Waals surface area (Å²) in [4.78, 5) is 9.44. The molecule has 1 aliphatic heterocycles. The SMILES string of the molecule is C/C=C\C=C(/C)C1=NC(NC(C)CC)=CCC(n2cccn2)=N1.CC. The van der Waals surface area contributed by atoms with E-state index in [-0.39, 0.29) is 0 Å². The predicted octanol–water partition coefficient (Wildman–Crippen LogP) is 4.71. The molecule has 0 aromatic carbocycles. The van der Waals surface area contributed by atoms with E-state index in [0.717, 1.165) is 23.7 Å². The maximum Gasteiger partial charge on any atom is 0.159 e. The minimum absolute atomic E-state index is 0.373. The van der Waals surface area contributed by atoms with Gasteiger partial charge in [-0.1, -0.05) is 39.0 Å². The van der Waals surface area contributed by atoms with Crippen molar-refractivity contribution in [2.75, 3.05) is 0 Å². The van der Waals surface area contributed by atoms with Gasteiger partial charge in [0.2, 0.25) is 0 Å². The van der Waals surface area contributed by atoms with Crippen LogP contribution in [0.3, 0.4) is 0 Å². The molecule has 136 valence electrons. The van der Waals surface area contributed by atoms with Crippen LogP contribution in [0.4, 0.5) is 0 Å². The third kappa shape index (κ3) is 6.53. The van der Waals surface area contributed by atoms with Crippen LogP contribution in [0.2, 0.25) is 0 Å². The maximum absolute atomic E-state index is 4.73. The Kier molecular flexibility index (Phi) is 9.22. The van der Waals surface area contributed by atoms with E-state index >= 15 is 0 Å². The third-order valence-corrected chi connectivity index (χ3v) is 3.61. The molecule has 0 fully saturated rings. The first-order valence-corrected chi connectivity index (χ1v) is 9.07. The second-order valence-corrected chi connectivity index (χ2v) is 5.54. The van der Waals surface area contributed by atoms with E-state index in [9.17, 15) is 0 Å². The van der Waals surface area contributed by atoms with Crippen LogP contribution in [0.5, 0.6) is 0 Å². The molecule has 0 saturated carbocycles. The number of hydrogen-bond acceptors (Lipinski definition) is 4. The number of hydrogen-bond donors (Lipinski definition) is 1. The minimum atomic E-state index is 0.373. The van der Waals surface area contributed by atoms with Gasteiger partial charge in [0.15, 0.2) is 5.84 Å². The van der Waals surface area contributed by atoms with Gasteiger partial charge >= 0.3 is 0 Å². The van der Waals surface area contributed by atoms with Crippen LogP contribution in [-0.4, -0.2) is 27.5 Å². The van der Waals surface area contributed by atoms with E-state index < -0.39 is 0 Å². The van der Waals surface area contributed by atoms with Crippen LogP contribution in [0.1, 0.15) is 54.4 Å². The van der Waals surface area contributed by atoms with Gasteiger partial charge in [0.1, 0.15) is 11.7 Å². The van der Waals surface area contributed by atoms with Crippen molar-refractivity contribution >= 4 is 11.7 Å². The predicted molar refractivity (Wildman–Crippen MR) is 108 cm³/mol. The molecule has 1 atom stereocenters. The largest absolute Gasteiger partial charge is 0.368 e. The molecule has 1 aliphatic rings. The summed E-state index contributed by atoms with van der Waals surface area (Å²) < 4.78 is 1.79. The lowest BCUT2D eigenvalue weighted by Crippen LogP contribution is -2.24. The van der Waals surface area contributed by atoms with Crippen LogP contribution in [-0.2, 0) is 0 Å². The summed E-state index contributed by atoms with van der Waals surface area (Å²) in [5, 5.41) is 7.73. The number of aliphatic imine (C=N–C) groups is 2. The molecule has 0 spiro atoms. The Hall–Kier alpha value is -2.43. The Bertz CT molecular complexity index is 660. The fourth-order valence-electron chi connectivity index (χ4n) is 2.04. The summed E-state index contributed by atoms with van der Waals surface area (Å²) in [7, 11) is 0. The van der Waals surface area contributed by atoms with Crippen molar-refractivity contribution in [2.45, 2.75) is 60.4 Å². The van der Waals surface area contributed by atoms with Crippen LogP contribution < -0.4 is 5.32 Å². The van der Waals surface area contributed by atoms with Crippen LogP contribution >= 0.6 is 0 Å². The van der Waals surface area contributed by atoms with Gasteiger partial charge in [0, 0.05) is 24.9 Å². The lowest BCUT2D eigenvalue weighted by Gasteiger charge is -2.13. The molecule has 1 aromatic heterocycles. The highest BCUT2D eigenvalue weighted by Crippen LogP contribution is 2.12. The average Bonchev–Trinajstić information content (AvgIpc) is 3.09. The van der Waals surface area contributed by atoms with E-state index in [1.54, 1.807) is 10.9 Å². The molecular formula is C20H31N5. The summed E-state index contributed by atoms with van der Waals surface area (Å²) in [5.41, 5.74) is 1.02. The van der Waals surface area contributed by atoms with Gasteiger partial charge < -0.3 is 5.32 Å². The minimum Gasteiger partial charge on any atom is -0.368 e. The first-order valence-electron chi connectivity index (χ1n) is 9.07. The molecule has 0 bridgehead atoms. The van der Waals surface area contributed by atoms with Gasteiger partial charge in [-0.3, -0.25) is 0 Å². The highest BCUT2D eigenvalue weighted by molar-refractivity contribution is 6.07. The quantitative estimate of drug-likeness (QED) is 0.789. The highest BCUT2D eigenvalue weighted by Gasteiger charge is 2.12. The molecule has 5 nitrogen and oxygen atoms in total. The van der Waals surface area contributed by atoms with Crippen molar-refractivity contribution in [3.8, 4) is 0 Å². The Balaban J connectivity index is 0.00000151. The number of aromatic nitrogens is 2. The van der Waals surface area contributed by atoms with Gasteiger partial charge in [0.05, 0.1) is 0 Å². The molecule has 2 heterocycles. The van der Waals surface area contributed by atoms with E-state index in [1.165, 1.54) is 0 Å². The summed E-state index contributed by atoms with van der Waals surface area (Å²) in [5.74, 6) is 2.45. The van der Waals surface area contributed by atoms with Crippen molar-refractivity contribution in [3.63, 3.8) is 0 Å². The molecule has 2 rings (SSSR count). The van der Waals surface area contributed by atoms with Crippen LogP contribution in [0.25, 0.3) is 0 Å². The van der Waals surface area contributed by atoms with E-state index in [1.807, 2.05) is 58.2 Å². The number of nitrogens with one attached hydrogen (secondary N) is 1. The first-order chi connectivity index (χ1) is 12.1. The zero-order chi connectivity index (χ0) is 18.7. The Morgan fingerprint density at radius 2 is 2.12 bits per heavy atom. The standard InChI is InChI=1S/C18H25N5.C2H6/c1-5-7-9-14(3)18-21-16(20-15(4)6-2)10-11-17(22-18)23-13-8-12-19-23;1-2/h5,7-10,12-13,15,20H,6,11H2,1-4H3;1-2H3/b7-5-,14-9+;. The highest BCUT2D eigenvalue weighted by atomic mass is 15.3. The Morgan fingerprint density at radius 3 is 2.72 bits per heavy atom. The van der Waals surface area contributed by atoms with Gasteiger partial charge in [-0.2, -0.15) is 5.10 Å². The van der Waals surface area contributed by atoms with Crippen molar-refractivity contribution in [1.29, 1.82) is 0 Å². The van der Waals surface area contributed by atoms with E-state index in [4.69, 9.17) is 9.98 Å². The van der Waals surface area contributed by atoms with Crippen molar-refractivity contribution in [1.82, 2.24) is 15.1 Å². The molecule has 1 unspecified atom stereocenters. The van der Waals surface area contributed by atoms with Crippen LogP contribution in [0, 0.1) is 0 Å². The second kappa shape index (κ2) is 11.2. The number of nitrogens with zero attached hydrogens (tertiary/aromatic N) is 4. The summed E-state index contributed by atoms with van der Waals surface area (Å²) >= 11 is 0. The van der Waals surface area contributed by atoms with Crippen molar-refractivity contribution in [3.05, 3.63) is 54.2 Å². The average molecular weight is 342 g/mol.